The maximum absolute atomic E-state index is 13.8. The van der Waals surface area contributed by atoms with Crippen LogP contribution in [0.1, 0.15) is 16.7 Å². The monoisotopic (exact) mass is 312 g/mol. The van der Waals surface area contributed by atoms with Crippen LogP contribution in [-0.4, -0.2) is 29.6 Å². The minimum atomic E-state index is -0.255. The van der Waals surface area contributed by atoms with E-state index >= 15 is 0 Å². The van der Waals surface area contributed by atoms with Crippen molar-refractivity contribution in [2.45, 2.75) is 12.6 Å². The lowest BCUT2D eigenvalue weighted by Crippen LogP contribution is -2.37. The summed E-state index contributed by atoms with van der Waals surface area (Å²) in [5.41, 5.74) is 0.661. The van der Waals surface area contributed by atoms with E-state index in [4.69, 9.17) is 16.3 Å². The highest BCUT2D eigenvalue weighted by Crippen LogP contribution is 2.25. The van der Waals surface area contributed by atoms with Crippen LogP contribution in [0.4, 0.5) is 4.39 Å². The summed E-state index contributed by atoms with van der Waals surface area (Å²) in [7, 11) is 0. The van der Waals surface area contributed by atoms with Crippen LogP contribution in [0.5, 0.6) is 0 Å². The van der Waals surface area contributed by atoms with E-state index in [1.807, 2.05) is 5.38 Å². The fourth-order valence-electron chi connectivity index (χ4n) is 2.28. The molecule has 3 nitrogen and oxygen atoms in total. The lowest BCUT2D eigenvalue weighted by molar-refractivity contribution is -0.0332. The second-order valence-electron chi connectivity index (χ2n) is 4.70. The molecule has 1 aromatic heterocycles. The van der Waals surface area contributed by atoms with Gasteiger partial charge in [-0.2, -0.15) is 0 Å². The van der Waals surface area contributed by atoms with Gasteiger partial charge in [0.05, 0.1) is 6.61 Å². The second kappa shape index (κ2) is 6.18. The van der Waals surface area contributed by atoms with Crippen molar-refractivity contribution in [3.8, 4) is 0 Å². The SMILES string of the molecule is Fc1cc(Cl)ccc1CN1CCO[C@H](c2nccs2)C1. The van der Waals surface area contributed by atoms with Gasteiger partial charge in [0.1, 0.15) is 16.9 Å². The van der Waals surface area contributed by atoms with Crippen molar-refractivity contribution in [3.63, 3.8) is 0 Å². The van der Waals surface area contributed by atoms with Gasteiger partial charge in [0.2, 0.25) is 0 Å². The van der Waals surface area contributed by atoms with Crippen LogP contribution in [0.25, 0.3) is 0 Å². The first-order chi connectivity index (χ1) is 9.72. The molecular weight excluding hydrogens is 299 g/mol. The number of rotatable bonds is 3. The highest BCUT2D eigenvalue weighted by molar-refractivity contribution is 7.09. The Morgan fingerprint density at radius 3 is 3.15 bits per heavy atom. The van der Waals surface area contributed by atoms with Crippen molar-refractivity contribution in [3.05, 3.63) is 51.2 Å². The van der Waals surface area contributed by atoms with Crippen molar-refractivity contribution in [1.82, 2.24) is 9.88 Å². The molecule has 2 heterocycles. The lowest BCUT2D eigenvalue weighted by atomic mass is 10.1. The molecule has 2 aromatic rings. The third-order valence-electron chi connectivity index (χ3n) is 3.29. The summed E-state index contributed by atoms with van der Waals surface area (Å²) in [5, 5.41) is 3.34. The van der Waals surface area contributed by atoms with Crippen molar-refractivity contribution < 1.29 is 9.13 Å². The average Bonchev–Trinajstić information content (AvgIpc) is 2.96. The van der Waals surface area contributed by atoms with Gasteiger partial charge >= 0.3 is 0 Å². The van der Waals surface area contributed by atoms with Gasteiger partial charge in [-0.3, -0.25) is 4.90 Å². The van der Waals surface area contributed by atoms with E-state index in [2.05, 4.69) is 9.88 Å². The molecule has 0 amide bonds. The van der Waals surface area contributed by atoms with Crippen LogP contribution < -0.4 is 0 Å². The minimum absolute atomic E-state index is 0.0147. The Balaban J connectivity index is 1.68. The normalized spacial score (nSPS) is 20.2. The van der Waals surface area contributed by atoms with E-state index in [-0.39, 0.29) is 11.9 Å². The van der Waals surface area contributed by atoms with Crippen molar-refractivity contribution in [1.29, 1.82) is 0 Å². The molecular formula is C14H14ClFN2OS. The lowest BCUT2D eigenvalue weighted by Gasteiger charge is -2.32. The van der Waals surface area contributed by atoms with E-state index < -0.39 is 0 Å². The molecule has 0 unspecified atom stereocenters. The number of benzene rings is 1. The van der Waals surface area contributed by atoms with Crippen LogP contribution >= 0.6 is 22.9 Å². The van der Waals surface area contributed by atoms with Crippen molar-refractivity contribution >= 4 is 22.9 Å². The Bertz CT molecular complexity index is 579. The maximum atomic E-state index is 13.8. The molecule has 3 rings (SSSR count). The fourth-order valence-corrected chi connectivity index (χ4v) is 3.12. The van der Waals surface area contributed by atoms with E-state index in [0.717, 1.165) is 18.1 Å². The molecule has 0 radical (unpaired) electrons. The number of nitrogens with zero attached hydrogens (tertiary/aromatic N) is 2. The zero-order chi connectivity index (χ0) is 13.9. The summed E-state index contributed by atoms with van der Waals surface area (Å²) in [6.45, 7) is 2.73. The molecule has 1 aliphatic heterocycles. The van der Waals surface area contributed by atoms with Crippen LogP contribution in [0.15, 0.2) is 29.8 Å². The largest absolute Gasteiger partial charge is 0.368 e. The standard InChI is InChI=1S/C14H14ClFN2OS/c15-11-2-1-10(12(16)7-11)8-18-4-5-19-13(9-18)14-17-3-6-20-14/h1-3,6-7,13H,4-5,8-9H2/t13-/m0/s1. The van der Waals surface area contributed by atoms with Gasteiger partial charge in [-0.25, -0.2) is 9.37 Å². The van der Waals surface area contributed by atoms with E-state index in [0.29, 0.717) is 23.7 Å². The van der Waals surface area contributed by atoms with Gasteiger partial charge in [-0.15, -0.1) is 11.3 Å². The number of aromatic nitrogens is 1. The maximum Gasteiger partial charge on any atom is 0.129 e. The summed E-state index contributed by atoms with van der Waals surface area (Å²) >= 11 is 7.36. The third kappa shape index (κ3) is 3.17. The Labute approximate surface area is 126 Å². The molecule has 1 atom stereocenters. The number of halogens is 2. The van der Waals surface area contributed by atoms with E-state index in [1.165, 1.54) is 6.07 Å². The summed E-state index contributed by atoms with van der Waals surface area (Å²) in [6.07, 6.45) is 1.76. The zero-order valence-corrected chi connectivity index (χ0v) is 12.3. The highest BCUT2D eigenvalue weighted by Gasteiger charge is 2.24. The molecule has 1 aromatic carbocycles. The predicted molar refractivity (Wildman–Crippen MR) is 77.5 cm³/mol. The molecule has 1 aliphatic rings. The molecule has 0 N–H and O–H groups in total. The Hall–Kier alpha value is -1.01. The average molecular weight is 313 g/mol. The van der Waals surface area contributed by atoms with Crippen LogP contribution in [0.2, 0.25) is 5.02 Å². The first-order valence-electron chi connectivity index (χ1n) is 6.39. The zero-order valence-electron chi connectivity index (χ0n) is 10.8. The quantitative estimate of drug-likeness (QED) is 0.867. The van der Waals surface area contributed by atoms with Gasteiger partial charge in [0.25, 0.3) is 0 Å². The Morgan fingerprint density at radius 1 is 1.50 bits per heavy atom. The molecule has 0 bridgehead atoms. The smallest absolute Gasteiger partial charge is 0.129 e. The number of hydrogen-bond acceptors (Lipinski definition) is 4. The number of morpholine rings is 1. The number of ether oxygens (including phenoxy) is 1. The number of thiazole rings is 1. The van der Waals surface area contributed by atoms with Gasteiger partial charge < -0.3 is 4.74 Å². The molecule has 6 heteroatoms. The van der Waals surface area contributed by atoms with Gasteiger partial charge in [0.15, 0.2) is 0 Å². The summed E-state index contributed by atoms with van der Waals surface area (Å²) in [5.74, 6) is -0.255. The molecule has 0 saturated carbocycles. The van der Waals surface area contributed by atoms with Crippen LogP contribution in [0, 0.1) is 5.82 Å². The summed E-state index contributed by atoms with van der Waals surface area (Å²) < 4.78 is 19.6. The first kappa shape index (κ1) is 13.9. The predicted octanol–water partition coefficient (Wildman–Crippen LogP) is 3.51. The number of hydrogen-bond donors (Lipinski definition) is 0. The molecule has 1 fully saturated rings. The Morgan fingerprint density at radius 2 is 2.40 bits per heavy atom. The van der Waals surface area contributed by atoms with Crippen molar-refractivity contribution in [2.24, 2.45) is 0 Å². The van der Waals surface area contributed by atoms with Gasteiger partial charge in [-0.05, 0) is 12.1 Å². The molecule has 20 heavy (non-hydrogen) atoms. The van der Waals surface area contributed by atoms with Gasteiger partial charge in [0, 0.05) is 41.8 Å². The molecule has 0 aliphatic carbocycles. The topological polar surface area (TPSA) is 25.4 Å². The first-order valence-corrected chi connectivity index (χ1v) is 7.65. The van der Waals surface area contributed by atoms with Crippen molar-refractivity contribution in [2.75, 3.05) is 19.7 Å². The minimum Gasteiger partial charge on any atom is -0.368 e. The molecule has 0 spiro atoms. The van der Waals surface area contributed by atoms with E-state index in [9.17, 15) is 4.39 Å². The summed E-state index contributed by atoms with van der Waals surface area (Å²) in [6, 6.07) is 4.82. The third-order valence-corrected chi connectivity index (χ3v) is 4.39. The Kier molecular flexibility index (Phi) is 4.31. The fraction of sp³-hybridized carbons (Fsp3) is 0.357. The highest BCUT2D eigenvalue weighted by atomic mass is 35.5. The van der Waals surface area contributed by atoms with Crippen LogP contribution in [0.3, 0.4) is 0 Å². The second-order valence-corrected chi connectivity index (χ2v) is 6.06. The van der Waals surface area contributed by atoms with E-state index in [1.54, 1.807) is 29.7 Å². The summed E-state index contributed by atoms with van der Waals surface area (Å²) in [4.78, 5) is 6.47. The van der Waals surface area contributed by atoms with Crippen LogP contribution in [-0.2, 0) is 11.3 Å². The molecule has 1 saturated heterocycles. The molecule has 106 valence electrons. The van der Waals surface area contributed by atoms with Gasteiger partial charge in [-0.1, -0.05) is 17.7 Å².